The van der Waals surface area contributed by atoms with Crippen molar-refractivity contribution in [2.75, 3.05) is 32.0 Å². The lowest BCUT2D eigenvalue weighted by Gasteiger charge is -2.19. The summed E-state index contributed by atoms with van der Waals surface area (Å²) in [5, 5.41) is 1.37. The third-order valence-corrected chi connectivity index (χ3v) is 7.43. The van der Waals surface area contributed by atoms with Gasteiger partial charge in [0.15, 0.2) is 22.5 Å². The number of hydrogen-bond donors (Lipinski definition) is 1. The number of hydrogen-bond acceptors (Lipinski definition) is 7. The maximum Gasteiger partial charge on any atom is 0.219 e. The number of carbonyl (C=O) groups is 1. The van der Waals surface area contributed by atoms with E-state index in [2.05, 4.69) is 9.55 Å². The second-order valence-electron chi connectivity index (χ2n) is 8.05. The molecule has 1 atom stereocenters. The van der Waals surface area contributed by atoms with Gasteiger partial charge < -0.3 is 24.7 Å². The number of fused-ring (bicyclic) bond motifs is 2. The Balaban J connectivity index is 1.44. The monoisotopic (exact) mass is 473 g/mol. The molecule has 2 aromatic heterocycles. The fourth-order valence-electron chi connectivity index (χ4n) is 4.23. The van der Waals surface area contributed by atoms with Crippen LogP contribution in [-0.2, 0) is 11.3 Å². The van der Waals surface area contributed by atoms with Crippen molar-refractivity contribution in [1.29, 1.82) is 0 Å². The first kappa shape index (κ1) is 21.2. The number of rotatable bonds is 5. The Morgan fingerprint density at radius 2 is 2.09 bits per heavy atom. The number of aryl methyl sites for hydroxylation is 1. The molecule has 5 rings (SSSR count). The summed E-state index contributed by atoms with van der Waals surface area (Å²) in [6.07, 6.45) is 3.67. The van der Waals surface area contributed by atoms with Gasteiger partial charge in [-0.25, -0.2) is 9.97 Å². The zero-order valence-corrected chi connectivity index (χ0v) is 19.3. The van der Waals surface area contributed by atoms with Crippen molar-refractivity contribution in [2.24, 2.45) is 5.92 Å². The Morgan fingerprint density at radius 1 is 1.31 bits per heavy atom. The van der Waals surface area contributed by atoms with E-state index in [1.807, 2.05) is 17.0 Å². The van der Waals surface area contributed by atoms with Gasteiger partial charge in [-0.05, 0) is 42.7 Å². The standard InChI is InChI=1S/C22H24ClN5O3S/c1-13(29)27-6-3-14(12-27)4-7-28-16-2-5-25-21(24)20(16)26-22(28)32-19-11-18-17(10-15(19)23)30-8-9-31-18/h2,5,10-11,14H,3-4,6-9,12H2,1H3,(H2,24,25). The van der Waals surface area contributed by atoms with Crippen molar-refractivity contribution < 1.29 is 14.3 Å². The van der Waals surface area contributed by atoms with Gasteiger partial charge >= 0.3 is 0 Å². The van der Waals surface area contributed by atoms with E-state index >= 15 is 0 Å². The number of ether oxygens (including phenoxy) is 2. The largest absolute Gasteiger partial charge is 0.486 e. The summed E-state index contributed by atoms with van der Waals surface area (Å²) in [5.74, 6) is 2.35. The lowest BCUT2D eigenvalue weighted by molar-refractivity contribution is -0.127. The van der Waals surface area contributed by atoms with Gasteiger partial charge in [-0.3, -0.25) is 4.79 Å². The minimum Gasteiger partial charge on any atom is -0.486 e. The quantitative estimate of drug-likeness (QED) is 0.601. The Morgan fingerprint density at radius 3 is 2.84 bits per heavy atom. The fraction of sp³-hybridized carbons (Fsp3) is 0.409. The van der Waals surface area contributed by atoms with E-state index in [9.17, 15) is 4.79 Å². The summed E-state index contributed by atoms with van der Waals surface area (Å²) in [7, 11) is 0. The van der Waals surface area contributed by atoms with Crippen molar-refractivity contribution in [3.8, 4) is 11.5 Å². The number of benzene rings is 1. The number of halogens is 1. The predicted octanol–water partition coefficient (Wildman–Crippen LogP) is 3.85. The maximum atomic E-state index is 11.7. The second-order valence-corrected chi connectivity index (χ2v) is 9.46. The molecule has 0 bridgehead atoms. The number of nitrogen functional groups attached to an aromatic ring is 1. The topological polar surface area (TPSA) is 95.5 Å². The van der Waals surface area contributed by atoms with E-state index in [4.69, 9.17) is 31.8 Å². The minimum absolute atomic E-state index is 0.143. The van der Waals surface area contributed by atoms with Gasteiger partial charge in [0.25, 0.3) is 0 Å². The molecule has 0 spiro atoms. The first-order valence-corrected chi connectivity index (χ1v) is 11.8. The molecule has 1 saturated heterocycles. The smallest absolute Gasteiger partial charge is 0.219 e. The summed E-state index contributed by atoms with van der Waals surface area (Å²) in [6.45, 7) is 5.06. The van der Waals surface area contributed by atoms with Crippen LogP contribution in [0.1, 0.15) is 19.8 Å². The number of aromatic nitrogens is 3. The Labute approximate surface area is 195 Å². The van der Waals surface area contributed by atoms with Gasteiger partial charge in [-0.15, -0.1) is 0 Å². The van der Waals surface area contributed by atoms with Crippen LogP contribution in [0.5, 0.6) is 11.5 Å². The third kappa shape index (κ3) is 4.06. The number of nitrogens with zero attached hydrogens (tertiary/aromatic N) is 4. The summed E-state index contributed by atoms with van der Waals surface area (Å²) in [6, 6.07) is 5.62. The highest BCUT2D eigenvalue weighted by molar-refractivity contribution is 7.99. The maximum absolute atomic E-state index is 11.7. The molecule has 10 heteroatoms. The van der Waals surface area contributed by atoms with E-state index in [0.29, 0.717) is 47.0 Å². The molecule has 1 unspecified atom stereocenters. The number of amides is 1. The zero-order valence-electron chi connectivity index (χ0n) is 17.7. The van der Waals surface area contributed by atoms with E-state index in [1.54, 1.807) is 19.2 Å². The summed E-state index contributed by atoms with van der Waals surface area (Å²) in [4.78, 5) is 23.4. The summed E-state index contributed by atoms with van der Waals surface area (Å²) in [5.41, 5.74) is 7.74. The van der Waals surface area contributed by atoms with Gasteiger partial charge in [0.2, 0.25) is 5.91 Å². The Bertz CT molecular complexity index is 1180. The van der Waals surface area contributed by atoms with Crippen LogP contribution in [0, 0.1) is 5.92 Å². The molecule has 4 heterocycles. The molecule has 3 aromatic rings. The van der Waals surface area contributed by atoms with Crippen LogP contribution in [-0.4, -0.2) is 51.6 Å². The molecule has 0 saturated carbocycles. The van der Waals surface area contributed by atoms with Crippen molar-refractivity contribution in [3.05, 3.63) is 29.4 Å². The molecule has 2 aliphatic heterocycles. The van der Waals surface area contributed by atoms with Crippen LogP contribution < -0.4 is 15.2 Å². The van der Waals surface area contributed by atoms with Crippen LogP contribution in [0.25, 0.3) is 11.0 Å². The molecule has 1 aromatic carbocycles. The molecule has 32 heavy (non-hydrogen) atoms. The van der Waals surface area contributed by atoms with Crippen molar-refractivity contribution in [2.45, 2.75) is 36.4 Å². The lowest BCUT2D eigenvalue weighted by Crippen LogP contribution is -2.25. The molecular formula is C22H24ClN5O3S. The molecule has 168 valence electrons. The van der Waals surface area contributed by atoms with Crippen molar-refractivity contribution in [1.82, 2.24) is 19.4 Å². The number of anilines is 1. The highest BCUT2D eigenvalue weighted by Crippen LogP contribution is 2.42. The van der Waals surface area contributed by atoms with Crippen LogP contribution in [0.15, 0.2) is 34.4 Å². The molecular weight excluding hydrogens is 450 g/mol. The normalized spacial score (nSPS) is 17.8. The van der Waals surface area contributed by atoms with Crippen molar-refractivity contribution in [3.63, 3.8) is 0 Å². The summed E-state index contributed by atoms with van der Waals surface area (Å²) >= 11 is 8.02. The fourth-order valence-corrected chi connectivity index (χ4v) is 5.46. The van der Waals surface area contributed by atoms with Gasteiger partial charge in [0.05, 0.1) is 10.5 Å². The highest BCUT2D eigenvalue weighted by Gasteiger charge is 2.25. The molecule has 2 aliphatic rings. The molecule has 8 nitrogen and oxygen atoms in total. The first-order valence-electron chi connectivity index (χ1n) is 10.6. The highest BCUT2D eigenvalue weighted by atomic mass is 35.5. The molecule has 1 fully saturated rings. The van der Waals surface area contributed by atoms with E-state index < -0.39 is 0 Å². The third-order valence-electron chi connectivity index (χ3n) is 5.95. The van der Waals surface area contributed by atoms with Crippen LogP contribution in [0.2, 0.25) is 5.02 Å². The van der Waals surface area contributed by atoms with Crippen molar-refractivity contribution >= 4 is 46.1 Å². The van der Waals surface area contributed by atoms with Gasteiger partial charge in [-0.2, -0.15) is 0 Å². The molecule has 2 N–H and O–H groups in total. The molecule has 1 amide bonds. The average Bonchev–Trinajstić information content (AvgIpc) is 3.38. The number of nitrogens with two attached hydrogens (primary N) is 1. The summed E-state index contributed by atoms with van der Waals surface area (Å²) < 4.78 is 13.5. The number of carbonyl (C=O) groups excluding carboxylic acids is 1. The van der Waals surface area contributed by atoms with E-state index in [1.165, 1.54) is 11.8 Å². The van der Waals surface area contributed by atoms with Crippen LogP contribution in [0.3, 0.4) is 0 Å². The van der Waals surface area contributed by atoms with E-state index in [-0.39, 0.29) is 5.91 Å². The first-order chi connectivity index (χ1) is 15.5. The lowest BCUT2D eigenvalue weighted by atomic mass is 10.1. The van der Waals surface area contributed by atoms with Crippen LogP contribution in [0.4, 0.5) is 5.82 Å². The average molecular weight is 474 g/mol. The second kappa shape index (κ2) is 8.71. The Hall–Kier alpha value is -2.65. The van der Waals surface area contributed by atoms with Gasteiger partial charge in [0.1, 0.15) is 18.7 Å². The van der Waals surface area contributed by atoms with E-state index in [0.717, 1.165) is 48.0 Å². The predicted molar refractivity (Wildman–Crippen MR) is 123 cm³/mol. The Kier molecular flexibility index (Phi) is 5.77. The molecule has 0 aliphatic carbocycles. The minimum atomic E-state index is 0.143. The number of likely N-dealkylation sites (tertiary alicyclic amines) is 1. The SMILES string of the molecule is CC(=O)N1CCC(CCn2c(Sc3cc4c(cc3Cl)OCCO4)nc3c(N)nccc32)C1. The number of pyridine rings is 1. The zero-order chi connectivity index (χ0) is 22.2. The molecule has 0 radical (unpaired) electrons. The number of imidazole rings is 1. The van der Waals surface area contributed by atoms with Crippen LogP contribution >= 0.6 is 23.4 Å². The van der Waals surface area contributed by atoms with Gasteiger partial charge in [-0.1, -0.05) is 11.6 Å². The van der Waals surface area contributed by atoms with Gasteiger partial charge in [0, 0.05) is 43.7 Å².